The van der Waals surface area contributed by atoms with Gasteiger partial charge < -0.3 is 20.1 Å². The van der Waals surface area contributed by atoms with Crippen molar-refractivity contribution in [2.24, 2.45) is 0 Å². The lowest BCUT2D eigenvalue weighted by molar-refractivity contribution is 0.482. The Balaban J connectivity index is 1.02. The smallest absolute Gasteiger partial charge is 0.237 e. The molecular formula is C45H36N6O2. The Labute approximate surface area is 307 Å². The lowest BCUT2D eigenvalue weighted by Gasteiger charge is -2.14. The SMILES string of the molecule is CNCC1c2ccccc2-c2ccc(Oc3ccc4c5ccc(Oc6ccc7c(c6)C(CNC)c6ccccc6-7)cc5n(-c5ncncn5)c4c3)cc21. The van der Waals surface area contributed by atoms with Crippen molar-refractivity contribution in [2.75, 3.05) is 27.2 Å². The van der Waals surface area contributed by atoms with Crippen LogP contribution in [0.5, 0.6) is 23.0 Å². The minimum Gasteiger partial charge on any atom is -0.457 e. The van der Waals surface area contributed by atoms with Crippen LogP contribution in [-0.2, 0) is 0 Å². The van der Waals surface area contributed by atoms with Crippen LogP contribution < -0.4 is 20.1 Å². The molecule has 0 fully saturated rings. The summed E-state index contributed by atoms with van der Waals surface area (Å²) in [6.45, 7) is 1.71. The van der Waals surface area contributed by atoms with Crippen LogP contribution in [0.15, 0.2) is 134 Å². The van der Waals surface area contributed by atoms with E-state index in [9.17, 15) is 0 Å². The van der Waals surface area contributed by atoms with Crippen LogP contribution in [0.25, 0.3) is 50.0 Å². The highest BCUT2D eigenvalue weighted by Gasteiger charge is 2.30. The van der Waals surface area contributed by atoms with E-state index in [2.05, 4.69) is 139 Å². The second-order valence-electron chi connectivity index (χ2n) is 13.7. The molecule has 8 heteroatoms. The molecule has 2 aromatic heterocycles. The van der Waals surface area contributed by atoms with Crippen LogP contribution in [0.3, 0.4) is 0 Å². The summed E-state index contributed by atoms with van der Waals surface area (Å²) in [5.41, 5.74) is 12.2. The Hall–Kier alpha value is -6.35. The molecule has 0 saturated carbocycles. The quantitative estimate of drug-likeness (QED) is 0.156. The molecule has 2 heterocycles. The molecule has 8 nitrogen and oxygen atoms in total. The van der Waals surface area contributed by atoms with Crippen LogP contribution in [0, 0.1) is 0 Å². The number of rotatable bonds is 9. The van der Waals surface area contributed by atoms with Gasteiger partial charge in [-0.15, -0.1) is 0 Å². The maximum atomic E-state index is 6.60. The maximum Gasteiger partial charge on any atom is 0.237 e. The van der Waals surface area contributed by atoms with Crippen molar-refractivity contribution in [3.05, 3.63) is 156 Å². The molecule has 2 aliphatic rings. The third-order valence-corrected chi connectivity index (χ3v) is 10.7. The van der Waals surface area contributed by atoms with E-state index in [0.29, 0.717) is 5.95 Å². The Morgan fingerprint density at radius 1 is 0.509 bits per heavy atom. The first kappa shape index (κ1) is 31.4. The molecule has 0 radical (unpaired) electrons. The van der Waals surface area contributed by atoms with Gasteiger partial charge in [0.25, 0.3) is 0 Å². The number of benzene rings is 6. The molecule has 0 bridgehead atoms. The fourth-order valence-corrected chi connectivity index (χ4v) is 8.49. The molecule has 0 saturated heterocycles. The number of ether oxygens (including phenoxy) is 2. The van der Waals surface area contributed by atoms with Crippen LogP contribution in [0.4, 0.5) is 0 Å². The van der Waals surface area contributed by atoms with Crippen molar-refractivity contribution in [1.82, 2.24) is 30.2 Å². The second kappa shape index (κ2) is 12.7. The monoisotopic (exact) mass is 692 g/mol. The van der Waals surface area contributed by atoms with E-state index in [1.165, 1.54) is 57.2 Å². The summed E-state index contributed by atoms with van der Waals surface area (Å²) in [4.78, 5) is 13.2. The molecule has 0 aliphatic heterocycles. The average Bonchev–Trinajstić information content (AvgIpc) is 3.80. The molecule has 2 atom stereocenters. The fraction of sp³-hybridized carbons (Fsp3) is 0.133. The Morgan fingerprint density at radius 2 is 0.943 bits per heavy atom. The normalized spacial score (nSPS) is 15.3. The van der Waals surface area contributed by atoms with Crippen molar-refractivity contribution < 1.29 is 9.47 Å². The van der Waals surface area contributed by atoms with E-state index in [4.69, 9.17) is 9.47 Å². The van der Waals surface area contributed by atoms with Crippen LogP contribution in [0.1, 0.15) is 34.1 Å². The molecular weight excluding hydrogens is 657 g/mol. The minimum atomic E-state index is 0.267. The van der Waals surface area contributed by atoms with Crippen molar-refractivity contribution in [3.8, 4) is 51.2 Å². The molecule has 2 unspecified atom stereocenters. The largest absolute Gasteiger partial charge is 0.457 e. The zero-order chi connectivity index (χ0) is 35.5. The molecule has 2 aliphatic carbocycles. The highest BCUT2D eigenvalue weighted by molar-refractivity contribution is 6.09. The number of fused-ring (bicyclic) bond motifs is 9. The van der Waals surface area contributed by atoms with Gasteiger partial charge in [-0.1, -0.05) is 60.7 Å². The molecule has 10 rings (SSSR count). The zero-order valence-electron chi connectivity index (χ0n) is 29.4. The summed E-state index contributed by atoms with van der Waals surface area (Å²) in [6, 6.07) is 42.6. The third kappa shape index (κ3) is 5.17. The molecule has 6 aromatic carbocycles. The number of hydrogen-bond donors (Lipinski definition) is 2. The van der Waals surface area contributed by atoms with Crippen LogP contribution in [0.2, 0.25) is 0 Å². The van der Waals surface area contributed by atoms with Crippen LogP contribution >= 0.6 is 0 Å². The molecule has 258 valence electrons. The summed E-state index contributed by atoms with van der Waals surface area (Å²) >= 11 is 0. The van der Waals surface area contributed by atoms with Gasteiger partial charge in [-0.2, -0.15) is 0 Å². The van der Waals surface area contributed by atoms with Crippen molar-refractivity contribution in [1.29, 1.82) is 0 Å². The van der Waals surface area contributed by atoms with E-state index >= 15 is 0 Å². The topological polar surface area (TPSA) is 86.1 Å². The van der Waals surface area contributed by atoms with Gasteiger partial charge in [-0.25, -0.2) is 15.0 Å². The summed E-state index contributed by atoms with van der Waals surface area (Å²) in [7, 11) is 4.01. The minimum absolute atomic E-state index is 0.267. The van der Waals surface area contributed by atoms with Gasteiger partial charge in [0.15, 0.2) is 0 Å². The highest BCUT2D eigenvalue weighted by Crippen LogP contribution is 2.48. The molecule has 0 spiro atoms. The molecule has 0 amide bonds. The predicted octanol–water partition coefficient (Wildman–Crippen LogP) is 9.22. The Bertz CT molecular complexity index is 2520. The maximum absolute atomic E-state index is 6.60. The lowest BCUT2D eigenvalue weighted by Crippen LogP contribution is -2.16. The molecule has 8 aromatic rings. The summed E-state index contributed by atoms with van der Waals surface area (Å²) < 4.78 is 15.2. The van der Waals surface area contributed by atoms with Gasteiger partial charge in [0.1, 0.15) is 35.7 Å². The summed E-state index contributed by atoms with van der Waals surface area (Å²) in [6.07, 6.45) is 3.05. The fourth-order valence-electron chi connectivity index (χ4n) is 8.49. The third-order valence-electron chi connectivity index (χ3n) is 10.7. The van der Waals surface area contributed by atoms with E-state index in [1.54, 1.807) is 0 Å². The lowest BCUT2D eigenvalue weighted by atomic mass is 9.97. The first-order valence-electron chi connectivity index (χ1n) is 18.0. The van der Waals surface area contributed by atoms with Crippen LogP contribution in [-0.4, -0.2) is 46.7 Å². The van der Waals surface area contributed by atoms with E-state index in [1.807, 2.05) is 26.2 Å². The molecule has 2 N–H and O–H groups in total. The second-order valence-corrected chi connectivity index (χ2v) is 13.7. The Morgan fingerprint density at radius 3 is 1.43 bits per heavy atom. The zero-order valence-corrected chi connectivity index (χ0v) is 29.4. The van der Waals surface area contributed by atoms with Gasteiger partial charge >= 0.3 is 0 Å². The Kier molecular flexibility index (Phi) is 7.52. The van der Waals surface area contributed by atoms with E-state index in [0.717, 1.165) is 57.9 Å². The first-order valence-corrected chi connectivity index (χ1v) is 18.0. The van der Waals surface area contributed by atoms with Crippen molar-refractivity contribution >= 4 is 21.8 Å². The van der Waals surface area contributed by atoms with E-state index < -0.39 is 0 Å². The number of hydrogen-bond acceptors (Lipinski definition) is 7. The van der Waals surface area contributed by atoms with Gasteiger partial charge in [0.05, 0.1) is 11.0 Å². The number of nitrogens with zero attached hydrogens (tertiary/aromatic N) is 4. The first-order chi connectivity index (χ1) is 26.2. The van der Waals surface area contributed by atoms with E-state index in [-0.39, 0.29) is 11.8 Å². The van der Waals surface area contributed by atoms with Gasteiger partial charge in [0, 0.05) is 47.8 Å². The molecule has 53 heavy (non-hydrogen) atoms. The predicted molar refractivity (Wildman–Crippen MR) is 210 cm³/mol. The summed E-state index contributed by atoms with van der Waals surface area (Å²) in [5.74, 6) is 4.09. The number of nitrogens with one attached hydrogen (secondary N) is 2. The van der Waals surface area contributed by atoms with Gasteiger partial charge in [-0.05, 0) is 107 Å². The number of likely N-dealkylation sites (N-methyl/N-ethyl adjacent to an activating group) is 2. The standard InChI is InChI=1S/C45H36N6O2/c1-46-23-41-33-9-5-3-7-31(33)35-15-11-27(19-39(35)41)52-29-13-17-37-38-18-14-30(22-44(38)51(43(37)21-29)45-49-25-48-26-50-45)53-28-12-16-36-32-8-4-6-10-34(32)42(24-47-2)40(36)20-28/h3-22,25-26,41-42,46-47H,23-24H2,1-2H3. The van der Waals surface area contributed by atoms with Gasteiger partial charge in [-0.3, -0.25) is 4.57 Å². The van der Waals surface area contributed by atoms with Gasteiger partial charge in [0.2, 0.25) is 5.95 Å². The average molecular weight is 693 g/mol. The summed E-state index contributed by atoms with van der Waals surface area (Å²) in [5, 5.41) is 8.88. The van der Waals surface area contributed by atoms with Crippen molar-refractivity contribution in [2.45, 2.75) is 11.8 Å². The van der Waals surface area contributed by atoms with Crippen molar-refractivity contribution in [3.63, 3.8) is 0 Å². The number of aromatic nitrogens is 4. The highest BCUT2D eigenvalue weighted by atomic mass is 16.5.